The first-order valence-electron chi connectivity index (χ1n) is 4.83. The predicted octanol–water partition coefficient (Wildman–Crippen LogP) is 3.16. The number of halogens is 3. The normalized spacial score (nSPS) is 10.4. The van der Waals surface area contributed by atoms with E-state index >= 15 is 0 Å². The zero-order chi connectivity index (χ0) is 12.8. The van der Waals surface area contributed by atoms with Crippen molar-refractivity contribution in [2.75, 3.05) is 7.11 Å². The molecule has 0 saturated carbocycles. The molecule has 0 fully saturated rings. The van der Waals surface area contributed by atoms with Gasteiger partial charge >= 0.3 is 12.6 Å². The van der Waals surface area contributed by atoms with Gasteiger partial charge in [0, 0.05) is 16.5 Å². The Bertz CT molecular complexity index is 396. The van der Waals surface area contributed by atoms with Crippen LogP contribution >= 0.6 is 15.9 Å². The van der Waals surface area contributed by atoms with Crippen LogP contribution in [0.1, 0.15) is 12.0 Å². The third kappa shape index (κ3) is 4.30. The fraction of sp³-hybridized carbons (Fsp3) is 0.364. The molecule has 1 aromatic rings. The van der Waals surface area contributed by atoms with E-state index in [9.17, 15) is 13.6 Å². The second-order valence-corrected chi connectivity index (χ2v) is 4.03. The van der Waals surface area contributed by atoms with Crippen LogP contribution in [0.25, 0.3) is 0 Å². The van der Waals surface area contributed by atoms with Gasteiger partial charge in [-0.3, -0.25) is 4.79 Å². The summed E-state index contributed by atoms with van der Waals surface area (Å²) in [5.41, 5.74) is 0.526. The molecular weight excluding hydrogens is 298 g/mol. The average molecular weight is 309 g/mol. The van der Waals surface area contributed by atoms with E-state index in [4.69, 9.17) is 0 Å². The van der Waals surface area contributed by atoms with Crippen molar-refractivity contribution in [1.82, 2.24) is 0 Å². The van der Waals surface area contributed by atoms with Crippen molar-refractivity contribution >= 4 is 21.9 Å². The summed E-state index contributed by atoms with van der Waals surface area (Å²) in [7, 11) is 1.28. The maximum atomic E-state index is 12.2. The molecule has 17 heavy (non-hydrogen) atoms. The van der Waals surface area contributed by atoms with Crippen LogP contribution in [0.4, 0.5) is 8.78 Å². The Morgan fingerprint density at radius 2 is 2.18 bits per heavy atom. The lowest BCUT2D eigenvalue weighted by molar-refractivity contribution is -0.140. The number of hydrogen-bond acceptors (Lipinski definition) is 3. The summed E-state index contributed by atoms with van der Waals surface area (Å²) in [5.74, 6) is -0.331. The van der Waals surface area contributed by atoms with Crippen molar-refractivity contribution in [1.29, 1.82) is 0 Å². The lowest BCUT2D eigenvalue weighted by Gasteiger charge is -2.11. The molecule has 0 spiro atoms. The second kappa shape index (κ2) is 6.54. The SMILES string of the molecule is COC(=O)CCc1c(Br)cccc1OC(F)F. The molecule has 6 heteroatoms. The lowest BCUT2D eigenvalue weighted by atomic mass is 10.1. The smallest absolute Gasteiger partial charge is 0.387 e. The van der Waals surface area contributed by atoms with E-state index in [2.05, 4.69) is 25.4 Å². The monoisotopic (exact) mass is 308 g/mol. The van der Waals surface area contributed by atoms with Gasteiger partial charge in [-0.15, -0.1) is 0 Å². The molecule has 0 aliphatic carbocycles. The summed E-state index contributed by atoms with van der Waals surface area (Å²) in [6.45, 7) is -2.89. The fourth-order valence-electron chi connectivity index (χ4n) is 1.32. The van der Waals surface area contributed by atoms with Crippen molar-refractivity contribution in [3.63, 3.8) is 0 Å². The van der Waals surface area contributed by atoms with Crippen LogP contribution in [-0.4, -0.2) is 19.7 Å². The molecular formula is C11H11BrF2O3. The number of benzene rings is 1. The molecule has 94 valence electrons. The van der Waals surface area contributed by atoms with Gasteiger partial charge in [0.25, 0.3) is 0 Å². The van der Waals surface area contributed by atoms with Crippen molar-refractivity contribution in [3.8, 4) is 5.75 Å². The zero-order valence-electron chi connectivity index (χ0n) is 9.08. The van der Waals surface area contributed by atoms with Crippen LogP contribution < -0.4 is 4.74 Å². The Hall–Kier alpha value is -1.17. The van der Waals surface area contributed by atoms with Crippen LogP contribution in [0.15, 0.2) is 22.7 Å². The predicted molar refractivity (Wildman–Crippen MR) is 61.1 cm³/mol. The third-order valence-corrected chi connectivity index (χ3v) is 2.84. The molecule has 0 N–H and O–H groups in total. The quantitative estimate of drug-likeness (QED) is 0.784. The maximum absolute atomic E-state index is 12.2. The van der Waals surface area contributed by atoms with Crippen molar-refractivity contribution in [3.05, 3.63) is 28.2 Å². The minimum atomic E-state index is -2.89. The zero-order valence-corrected chi connectivity index (χ0v) is 10.7. The summed E-state index contributed by atoms with van der Waals surface area (Å²) >= 11 is 3.23. The highest BCUT2D eigenvalue weighted by atomic mass is 79.9. The molecule has 3 nitrogen and oxygen atoms in total. The van der Waals surface area contributed by atoms with E-state index in [-0.39, 0.29) is 18.6 Å². The number of methoxy groups -OCH3 is 1. The largest absolute Gasteiger partial charge is 0.469 e. The Labute approximate surface area is 106 Å². The maximum Gasteiger partial charge on any atom is 0.387 e. The summed E-state index contributed by atoms with van der Waals surface area (Å²) in [6.07, 6.45) is 0.384. The average Bonchev–Trinajstić information content (AvgIpc) is 2.27. The van der Waals surface area contributed by atoms with Crippen LogP contribution in [0.2, 0.25) is 0 Å². The molecule has 0 radical (unpaired) electrons. The first-order chi connectivity index (χ1) is 8.04. The highest BCUT2D eigenvalue weighted by Gasteiger charge is 2.13. The van der Waals surface area contributed by atoms with Gasteiger partial charge in [0.15, 0.2) is 0 Å². The van der Waals surface area contributed by atoms with E-state index in [1.54, 1.807) is 12.1 Å². The topological polar surface area (TPSA) is 35.5 Å². The molecule has 0 aliphatic rings. The van der Waals surface area contributed by atoms with Gasteiger partial charge < -0.3 is 9.47 Å². The summed E-state index contributed by atoms with van der Waals surface area (Å²) in [6, 6.07) is 4.72. The summed E-state index contributed by atoms with van der Waals surface area (Å²) in [5, 5.41) is 0. The second-order valence-electron chi connectivity index (χ2n) is 3.17. The number of carbonyl (C=O) groups excluding carboxylic acids is 1. The molecule has 0 unspecified atom stereocenters. The van der Waals surface area contributed by atoms with Crippen LogP contribution in [0, 0.1) is 0 Å². The molecule has 1 aromatic carbocycles. The van der Waals surface area contributed by atoms with Crippen LogP contribution in [-0.2, 0) is 16.0 Å². The minimum Gasteiger partial charge on any atom is -0.469 e. The van der Waals surface area contributed by atoms with E-state index < -0.39 is 12.6 Å². The van der Waals surface area contributed by atoms with Gasteiger partial charge in [-0.25, -0.2) is 0 Å². The molecule has 1 rings (SSSR count). The number of rotatable bonds is 5. The number of hydrogen-bond donors (Lipinski definition) is 0. The molecule has 0 aromatic heterocycles. The number of ether oxygens (including phenoxy) is 2. The minimum absolute atomic E-state index is 0.0679. The highest BCUT2D eigenvalue weighted by Crippen LogP contribution is 2.29. The molecule has 0 aliphatic heterocycles. The Morgan fingerprint density at radius 1 is 1.47 bits per heavy atom. The van der Waals surface area contributed by atoms with Gasteiger partial charge in [0.05, 0.1) is 7.11 Å². The molecule has 0 saturated heterocycles. The summed E-state index contributed by atoms with van der Waals surface area (Å²) < 4.78 is 33.8. The molecule has 0 bridgehead atoms. The van der Waals surface area contributed by atoms with Crippen LogP contribution in [0.3, 0.4) is 0 Å². The van der Waals surface area contributed by atoms with Crippen molar-refractivity contribution < 1.29 is 23.0 Å². The van der Waals surface area contributed by atoms with E-state index in [0.717, 1.165) is 0 Å². The van der Waals surface area contributed by atoms with Gasteiger partial charge in [0.2, 0.25) is 0 Å². The number of esters is 1. The first-order valence-corrected chi connectivity index (χ1v) is 5.63. The Kier molecular flexibility index (Phi) is 5.34. The third-order valence-electron chi connectivity index (χ3n) is 2.10. The Morgan fingerprint density at radius 3 is 2.76 bits per heavy atom. The van der Waals surface area contributed by atoms with Gasteiger partial charge in [-0.05, 0) is 18.6 Å². The standard InChI is InChI=1S/C11H11BrF2O3/c1-16-10(15)6-5-7-8(12)3-2-4-9(7)17-11(13)14/h2-4,11H,5-6H2,1H3. The van der Waals surface area contributed by atoms with Gasteiger partial charge in [-0.2, -0.15) is 8.78 Å². The van der Waals surface area contributed by atoms with Crippen molar-refractivity contribution in [2.45, 2.75) is 19.5 Å². The molecule has 0 amide bonds. The molecule has 0 heterocycles. The number of alkyl halides is 2. The Balaban J connectivity index is 2.83. The van der Waals surface area contributed by atoms with E-state index in [0.29, 0.717) is 10.0 Å². The van der Waals surface area contributed by atoms with Gasteiger partial charge in [0.1, 0.15) is 5.75 Å². The highest BCUT2D eigenvalue weighted by molar-refractivity contribution is 9.10. The fourth-order valence-corrected chi connectivity index (χ4v) is 1.86. The number of carbonyl (C=O) groups is 1. The van der Waals surface area contributed by atoms with Crippen molar-refractivity contribution in [2.24, 2.45) is 0 Å². The van der Waals surface area contributed by atoms with E-state index in [1.807, 2.05) is 0 Å². The molecule has 0 atom stereocenters. The summed E-state index contributed by atoms with van der Waals surface area (Å²) in [4.78, 5) is 11.0. The lowest BCUT2D eigenvalue weighted by Crippen LogP contribution is -2.07. The van der Waals surface area contributed by atoms with Gasteiger partial charge in [-0.1, -0.05) is 22.0 Å². The van der Waals surface area contributed by atoms with E-state index in [1.165, 1.54) is 13.2 Å². The first kappa shape index (κ1) is 13.9. The van der Waals surface area contributed by atoms with Crippen LogP contribution in [0.5, 0.6) is 5.75 Å².